The van der Waals surface area contributed by atoms with Crippen LogP contribution in [0.25, 0.3) is 0 Å². The zero-order valence-corrected chi connectivity index (χ0v) is 13.5. The third kappa shape index (κ3) is 3.85. The number of pyridine rings is 1. The molecule has 0 fully saturated rings. The van der Waals surface area contributed by atoms with E-state index < -0.39 is 0 Å². The van der Waals surface area contributed by atoms with Crippen LogP contribution in [0.5, 0.6) is 0 Å². The van der Waals surface area contributed by atoms with Crippen molar-refractivity contribution >= 4 is 28.8 Å². The van der Waals surface area contributed by atoms with Crippen LogP contribution in [0.2, 0.25) is 0 Å². The van der Waals surface area contributed by atoms with Crippen molar-refractivity contribution in [1.29, 1.82) is 0 Å². The minimum atomic E-state index is -0.236. The fraction of sp³-hybridized carbons (Fsp3) is 0.0556. The standard InChI is InChI=1S/C18H15N3O2S/c22-17(14-6-3-9-19-11-14)21-15-7-2-1-5-13(15)12-20-18(23)16-8-4-10-24-16/h1-11H,12H2,(H,20,23)(H,21,22). The summed E-state index contributed by atoms with van der Waals surface area (Å²) in [7, 11) is 0. The van der Waals surface area contributed by atoms with Gasteiger partial charge >= 0.3 is 0 Å². The molecular weight excluding hydrogens is 322 g/mol. The molecule has 0 aliphatic carbocycles. The number of carbonyl (C=O) groups is 2. The molecule has 0 saturated carbocycles. The second-order valence-corrected chi connectivity index (χ2v) is 5.96. The van der Waals surface area contributed by atoms with Crippen molar-refractivity contribution in [2.24, 2.45) is 0 Å². The average Bonchev–Trinajstić information content (AvgIpc) is 3.16. The van der Waals surface area contributed by atoms with Gasteiger partial charge in [0.05, 0.1) is 10.4 Å². The lowest BCUT2D eigenvalue weighted by Gasteiger charge is -2.11. The predicted molar refractivity (Wildman–Crippen MR) is 94.1 cm³/mol. The van der Waals surface area contributed by atoms with E-state index in [0.717, 1.165) is 5.56 Å². The lowest BCUT2D eigenvalue weighted by Crippen LogP contribution is -2.23. The van der Waals surface area contributed by atoms with Crippen molar-refractivity contribution in [1.82, 2.24) is 10.3 Å². The highest BCUT2D eigenvalue weighted by atomic mass is 32.1. The number of benzene rings is 1. The molecule has 2 N–H and O–H groups in total. The number of anilines is 1. The number of hydrogen-bond donors (Lipinski definition) is 2. The molecule has 6 heteroatoms. The Morgan fingerprint density at radius 2 is 1.88 bits per heavy atom. The van der Waals surface area contributed by atoms with E-state index in [0.29, 0.717) is 22.7 Å². The summed E-state index contributed by atoms with van der Waals surface area (Å²) < 4.78 is 0. The van der Waals surface area contributed by atoms with Crippen LogP contribution in [-0.4, -0.2) is 16.8 Å². The van der Waals surface area contributed by atoms with E-state index in [9.17, 15) is 9.59 Å². The van der Waals surface area contributed by atoms with Gasteiger partial charge in [-0.2, -0.15) is 0 Å². The van der Waals surface area contributed by atoms with Crippen LogP contribution in [0.15, 0.2) is 66.3 Å². The second-order valence-electron chi connectivity index (χ2n) is 5.01. The second kappa shape index (κ2) is 7.52. The van der Waals surface area contributed by atoms with Crippen LogP contribution in [0.1, 0.15) is 25.6 Å². The van der Waals surface area contributed by atoms with E-state index in [1.165, 1.54) is 17.5 Å². The van der Waals surface area contributed by atoms with E-state index in [-0.39, 0.29) is 11.8 Å². The first-order valence-corrected chi connectivity index (χ1v) is 8.23. The summed E-state index contributed by atoms with van der Waals surface area (Å²) in [4.78, 5) is 28.9. The van der Waals surface area contributed by atoms with Crippen molar-refractivity contribution in [3.05, 3.63) is 82.3 Å². The van der Waals surface area contributed by atoms with Gasteiger partial charge < -0.3 is 10.6 Å². The summed E-state index contributed by atoms with van der Waals surface area (Å²) >= 11 is 1.39. The summed E-state index contributed by atoms with van der Waals surface area (Å²) in [6.45, 7) is 0.334. The Morgan fingerprint density at radius 1 is 1.00 bits per heavy atom. The highest BCUT2D eigenvalue weighted by Gasteiger charge is 2.11. The first kappa shape index (κ1) is 15.9. The number of rotatable bonds is 5. The molecule has 5 nitrogen and oxygen atoms in total. The maximum Gasteiger partial charge on any atom is 0.261 e. The summed E-state index contributed by atoms with van der Waals surface area (Å²) in [5, 5.41) is 7.58. The third-order valence-corrected chi connectivity index (χ3v) is 4.24. The fourth-order valence-electron chi connectivity index (χ4n) is 2.16. The smallest absolute Gasteiger partial charge is 0.261 e. The van der Waals surface area contributed by atoms with Gasteiger partial charge in [-0.15, -0.1) is 11.3 Å². The maximum atomic E-state index is 12.3. The molecule has 3 rings (SSSR count). The molecule has 1 aromatic carbocycles. The summed E-state index contributed by atoms with van der Waals surface area (Å²) in [5.74, 6) is -0.362. The number of hydrogen-bond acceptors (Lipinski definition) is 4. The van der Waals surface area contributed by atoms with Crippen molar-refractivity contribution in [2.75, 3.05) is 5.32 Å². The van der Waals surface area contributed by atoms with Crippen LogP contribution >= 0.6 is 11.3 Å². The Hall–Kier alpha value is -2.99. The number of amides is 2. The zero-order chi connectivity index (χ0) is 16.8. The first-order chi connectivity index (χ1) is 11.7. The Morgan fingerprint density at radius 3 is 2.62 bits per heavy atom. The Labute approximate surface area is 143 Å². The first-order valence-electron chi connectivity index (χ1n) is 7.35. The monoisotopic (exact) mass is 337 g/mol. The molecule has 0 bridgehead atoms. The lowest BCUT2D eigenvalue weighted by molar-refractivity contribution is 0.0954. The molecule has 0 radical (unpaired) electrons. The lowest BCUT2D eigenvalue weighted by atomic mass is 10.1. The Bertz CT molecular complexity index is 832. The predicted octanol–water partition coefficient (Wildman–Crippen LogP) is 3.33. The minimum absolute atomic E-state index is 0.126. The molecule has 2 heterocycles. The van der Waals surface area contributed by atoms with Crippen LogP contribution in [0.3, 0.4) is 0 Å². The van der Waals surface area contributed by atoms with Gasteiger partial charge in [-0.1, -0.05) is 24.3 Å². The average molecular weight is 337 g/mol. The molecule has 2 amide bonds. The third-order valence-electron chi connectivity index (χ3n) is 3.37. The molecule has 24 heavy (non-hydrogen) atoms. The number of nitrogens with zero attached hydrogens (tertiary/aromatic N) is 1. The van der Waals surface area contributed by atoms with E-state index in [1.54, 1.807) is 30.5 Å². The summed E-state index contributed by atoms with van der Waals surface area (Å²) in [6, 6.07) is 14.4. The molecular formula is C18H15N3O2S. The van der Waals surface area contributed by atoms with Gasteiger partial charge in [-0.05, 0) is 35.2 Å². The highest BCUT2D eigenvalue weighted by Crippen LogP contribution is 2.16. The van der Waals surface area contributed by atoms with Crippen molar-refractivity contribution in [3.63, 3.8) is 0 Å². The van der Waals surface area contributed by atoms with Crippen LogP contribution in [0.4, 0.5) is 5.69 Å². The molecule has 0 saturated heterocycles. The van der Waals surface area contributed by atoms with Gasteiger partial charge in [0.2, 0.25) is 0 Å². The number of para-hydroxylation sites is 1. The fourth-order valence-corrected chi connectivity index (χ4v) is 2.80. The van der Waals surface area contributed by atoms with E-state index >= 15 is 0 Å². The normalized spacial score (nSPS) is 10.2. The molecule has 0 aliphatic rings. The molecule has 3 aromatic rings. The van der Waals surface area contributed by atoms with Crippen molar-refractivity contribution in [2.45, 2.75) is 6.54 Å². The van der Waals surface area contributed by atoms with Gasteiger partial charge in [0.15, 0.2) is 0 Å². The van der Waals surface area contributed by atoms with Gasteiger partial charge in [0.1, 0.15) is 0 Å². The van der Waals surface area contributed by atoms with Gasteiger partial charge in [-0.25, -0.2) is 0 Å². The van der Waals surface area contributed by atoms with Gasteiger partial charge in [0, 0.05) is 24.6 Å². The van der Waals surface area contributed by atoms with E-state index in [2.05, 4.69) is 15.6 Å². The van der Waals surface area contributed by atoms with Gasteiger partial charge in [-0.3, -0.25) is 14.6 Å². The minimum Gasteiger partial charge on any atom is -0.347 e. The Kier molecular flexibility index (Phi) is 4.98. The topological polar surface area (TPSA) is 71.1 Å². The molecule has 0 unspecified atom stereocenters. The SMILES string of the molecule is O=C(Nc1ccccc1CNC(=O)c1cccs1)c1cccnc1. The molecule has 0 aliphatic heterocycles. The molecule has 0 atom stereocenters. The Balaban J connectivity index is 1.69. The summed E-state index contributed by atoms with van der Waals surface area (Å²) in [6.07, 6.45) is 3.13. The van der Waals surface area contributed by atoms with Crippen LogP contribution in [0, 0.1) is 0 Å². The van der Waals surface area contributed by atoms with Crippen molar-refractivity contribution in [3.8, 4) is 0 Å². The number of nitrogens with one attached hydrogen (secondary N) is 2. The van der Waals surface area contributed by atoms with Gasteiger partial charge in [0.25, 0.3) is 11.8 Å². The van der Waals surface area contributed by atoms with E-state index in [4.69, 9.17) is 0 Å². The molecule has 120 valence electrons. The molecule has 2 aromatic heterocycles. The maximum absolute atomic E-state index is 12.3. The van der Waals surface area contributed by atoms with Crippen LogP contribution < -0.4 is 10.6 Å². The molecule has 0 spiro atoms. The summed E-state index contributed by atoms with van der Waals surface area (Å²) in [5.41, 5.74) is 1.98. The van der Waals surface area contributed by atoms with Crippen molar-refractivity contribution < 1.29 is 9.59 Å². The number of carbonyl (C=O) groups excluding carboxylic acids is 2. The van der Waals surface area contributed by atoms with E-state index in [1.807, 2.05) is 29.6 Å². The highest BCUT2D eigenvalue weighted by molar-refractivity contribution is 7.12. The largest absolute Gasteiger partial charge is 0.347 e. The van der Waals surface area contributed by atoms with Crippen LogP contribution in [-0.2, 0) is 6.54 Å². The number of thiophene rings is 1. The number of aromatic nitrogens is 1. The zero-order valence-electron chi connectivity index (χ0n) is 12.7. The quantitative estimate of drug-likeness (QED) is 0.750.